The largest absolute Gasteiger partial charge is 0.490 e. The average Bonchev–Trinajstić information content (AvgIpc) is 3.35. The molecule has 0 saturated carbocycles. The second-order valence-electron chi connectivity index (χ2n) is 9.02. The van der Waals surface area contributed by atoms with Crippen LogP contribution in [-0.4, -0.2) is 32.7 Å². The topological polar surface area (TPSA) is 103 Å². The van der Waals surface area contributed by atoms with E-state index in [0.29, 0.717) is 52.1 Å². The van der Waals surface area contributed by atoms with Crippen LogP contribution in [0.1, 0.15) is 36.6 Å². The van der Waals surface area contributed by atoms with Gasteiger partial charge in [-0.2, -0.15) is 4.68 Å². The molecule has 0 radical (unpaired) electrons. The number of aromatic nitrogens is 4. The predicted octanol–water partition coefficient (Wildman–Crippen LogP) is 6.41. The third-order valence-corrected chi connectivity index (χ3v) is 7.24. The van der Waals surface area contributed by atoms with E-state index in [1.165, 1.54) is 0 Å². The maximum Gasteiger partial charge on any atom is 0.255 e. The van der Waals surface area contributed by atoms with Gasteiger partial charge in [-0.3, -0.25) is 4.79 Å². The second-order valence-corrected chi connectivity index (χ2v) is 10.8. The fraction of sp³-hybridized carbons (Fsp3) is 0.214. The number of rotatable bonds is 8. The van der Waals surface area contributed by atoms with Gasteiger partial charge in [0, 0.05) is 15.9 Å². The minimum absolute atomic E-state index is 0.263. The van der Waals surface area contributed by atoms with E-state index < -0.39 is 6.04 Å². The summed E-state index contributed by atoms with van der Waals surface area (Å²) in [5.74, 6) is 1.29. The number of amides is 1. The summed E-state index contributed by atoms with van der Waals surface area (Å²) in [7, 11) is 0. The van der Waals surface area contributed by atoms with Gasteiger partial charge < -0.3 is 20.1 Å². The summed E-state index contributed by atoms with van der Waals surface area (Å²) < 4.78 is 15.5. The monoisotopic (exact) mass is 652 g/mol. The molecular weight excluding hydrogens is 628 g/mol. The molecule has 5 rings (SSSR count). The Morgan fingerprint density at radius 3 is 2.67 bits per heavy atom. The number of aryl methyl sites for hydroxylation is 1. The number of halogens is 2. The number of hydrogen-bond acceptors (Lipinski definition) is 7. The van der Waals surface area contributed by atoms with E-state index in [1.807, 2.05) is 81.4 Å². The van der Waals surface area contributed by atoms with Crippen molar-refractivity contribution >= 4 is 49.4 Å². The van der Waals surface area contributed by atoms with E-state index in [0.717, 1.165) is 21.2 Å². The molecular formula is C28H26Br2N6O3. The summed E-state index contributed by atoms with van der Waals surface area (Å²) in [5.41, 5.74) is 4.64. The number of ether oxygens (including phenoxy) is 2. The first-order valence-electron chi connectivity index (χ1n) is 12.3. The molecule has 1 aliphatic rings. The van der Waals surface area contributed by atoms with Crippen LogP contribution in [0.2, 0.25) is 0 Å². The maximum atomic E-state index is 13.7. The fourth-order valence-corrected chi connectivity index (χ4v) is 5.49. The van der Waals surface area contributed by atoms with E-state index in [9.17, 15) is 4.79 Å². The van der Waals surface area contributed by atoms with Gasteiger partial charge >= 0.3 is 0 Å². The lowest BCUT2D eigenvalue weighted by atomic mass is 9.94. The summed E-state index contributed by atoms with van der Waals surface area (Å²) in [5, 5.41) is 18.3. The first-order chi connectivity index (χ1) is 18.8. The van der Waals surface area contributed by atoms with E-state index in [2.05, 4.69) is 58.0 Å². The summed E-state index contributed by atoms with van der Waals surface area (Å²) in [6, 6.07) is 18.8. The Morgan fingerprint density at radius 1 is 1.08 bits per heavy atom. The smallest absolute Gasteiger partial charge is 0.255 e. The van der Waals surface area contributed by atoms with Crippen molar-refractivity contribution in [1.82, 2.24) is 20.2 Å². The third kappa shape index (κ3) is 5.84. The molecule has 3 aromatic carbocycles. The molecule has 1 atom stereocenters. The van der Waals surface area contributed by atoms with Crippen molar-refractivity contribution in [3.63, 3.8) is 0 Å². The lowest BCUT2D eigenvalue weighted by Crippen LogP contribution is -2.31. The molecule has 1 amide bonds. The summed E-state index contributed by atoms with van der Waals surface area (Å²) >= 11 is 7.18. The van der Waals surface area contributed by atoms with Crippen LogP contribution in [0.15, 0.2) is 80.9 Å². The number of nitrogens with one attached hydrogen (secondary N) is 2. The van der Waals surface area contributed by atoms with Crippen molar-refractivity contribution in [2.75, 3.05) is 17.2 Å². The summed E-state index contributed by atoms with van der Waals surface area (Å²) in [6.07, 6.45) is 0. The molecule has 0 bridgehead atoms. The second kappa shape index (κ2) is 11.6. The van der Waals surface area contributed by atoms with Gasteiger partial charge in [-0.15, -0.1) is 0 Å². The Balaban J connectivity index is 1.53. The number of anilines is 2. The fourth-order valence-electron chi connectivity index (χ4n) is 4.47. The standard InChI is InChI=1S/C28H26Br2N6O3/c1-4-38-23-14-19(13-22(30)26(23)39-15-18-8-6-9-20(29)12-18)25-24(17(3)31-28-33-34-35-36(25)28)27(37)32-21-10-5-7-16(2)11-21/h5-14,25H,4,15H2,1-3H3,(H,32,37)(H,31,33,35). The van der Waals surface area contributed by atoms with Crippen LogP contribution in [-0.2, 0) is 11.4 Å². The van der Waals surface area contributed by atoms with E-state index in [-0.39, 0.29) is 5.91 Å². The zero-order valence-electron chi connectivity index (χ0n) is 21.5. The van der Waals surface area contributed by atoms with Crippen LogP contribution in [0.3, 0.4) is 0 Å². The van der Waals surface area contributed by atoms with Crippen molar-refractivity contribution in [2.24, 2.45) is 0 Å². The van der Waals surface area contributed by atoms with Crippen molar-refractivity contribution in [2.45, 2.75) is 33.4 Å². The van der Waals surface area contributed by atoms with Gasteiger partial charge in [0.1, 0.15) is 12.6 Å². The van der Waals surface area contributed by atoms with Gasteiger partial charge in [0.15, 0.2) is 11.5 Å². The van der Waals surface area contributed by atoms with E-state index in [1.54, 1.807) is 4.68 Å². The molecule has 0 aliphatic carbocycles. The van der Waals surface area contributed by atoms with Crippen LogP contribution in [0.4, 0.5) is 11.6 Å². The molecule has 0 fully saturated rings. The number of hydrogen-bond donors (Lipinski definition) is 2. The van der Waals surface area contributed by atoms with Crippen molar-refractivity contribution < 1.29 is 14.3 Å². The molecule has 9 nitrogen and oxygen atoms in total. The van der Waals surface area contributed by atoms with Gasteiger partial charge in [0.25, 0.3) is 5.91 Å². The normalized spacial score (nSPS) is 14.4. The lowest BCUT2D eigenvalue weighted by Gasteiger charge is -2.28. The highest BCUT2D eigenvalue weighted by molar-refractivity contribution is 9.10. The quantitative estimate of drug-likeness (QED) is 0.226. The number of benzene rings is 3. The number of allylic oxidation sites excluding steroid dienone is 1. The number of nitrogens with zero attached hydrogens (tertiary/aromatic N) is 4. The minimum Gasteiger partial charge on any atom is -0.490 e. The van der Waals surface area contributed by atoms with E-state index in [4.69, 9.17) is 9.47 Å². The molecule has 4 aromatic rings. The Bertz CT molecular complexity index is 1570. The van der Waals surface area contributed by atoms with Crippen LogP contribution in [0.5, 0.6) is 11.5 Å². The average molecular weight is 654 g/mol. The SMILES string of the molecule is CCOc1cc(C2C(C(=O)Nc3cccc(C)c3)=C(C)Nc3nnnn32)cc(Br)c1OCc1cccc(Br)c1. The number of fused-ring (bicyclic) bond motifs is 1. The van der Waals surface area contributed by atoms with Gasteiger partial charge in [0.2, 0.25) is 5.95 Å². The highest BCUT2D eigenvalue weighted by Gasteiger charge is 2.35. The van der Waals surface area contributed by atoms with Crippen LogP contribution in [0, 0.1) is 6.92 Å². The highest BCUT2D eigenvalue weighted by Crippen LogP contribution is 2.43. The van der Waals surface area contributed by atoms with E-state index >= 15 is 0 Å². The Hall–Kier alpha value is -3.70. The molecule has 200 valence electrons. The van der Waals surface area contributed by atoms with Gasteiger partial charge in [-0.25, -0.2) is 0 Å². The first kappa shape index (κ1) is 26.9. The van der Waals surface area contributed by atoms with Crippen LogP contribution < -0.4 is 20.1 Å². The molecule has 0 saturated heterocycles. The molecule has 0 spiro atoms. The minimum atomic E-state index is -0.615. The zero-order chi connectivity index (χ0) is 27.5. The summed E-state index contributed by atoms with van der Waals surface area (Å²) in [6.45, 7) is 6.51. The summed E-state index contributed by atoms with van der Waals surface area (Å²) in [4.78, 5) is 13.7. The van der Waals surface area contributed by atoms with Crippen LogP contribution >= 0.6 is 31.9 Å². The first-order valence-corrected chi connectivity index (χ1v) is 13.9. The molecule has 2 N–H and O–H groups in total. The zero-order valence-corrected chi connectivity index (χ0v) is 24.7. The number of carbonyl (C=O) groups excluding carboxylic acids is 1. The Labute approximate surface area is 242 Å². The highest BCUT2D eigenvalue weighted by atomic mass is 79.9. The van der Waals surface area contributed by atoms with Crippen LogP contribution in [0.25, 0.3) is 0 Å². The predicted molar refractivity (Wildman–Crippen MR) is 156 cm³/mol. The van der Waals surface area contributed by atoms with Crippen molar-refractivity contribution in [3.05, 3.63) is 97.6 Å². The van der Waals surface area contributed by atoms with Gasteiger partial charge in [0.05, 0.1) is 16.7 Å². The third-order valence-electron chi connectivity index (χ3n) is 6.15. The Kier molecular flexibility index (Phi) is 7.99. The van der Waals surface area contributed by atoms with Crippen molar-refractivity contribution in [1.29, 1.82) is 0 Å². The molecule has 1 unspecified atom stereocenters. The number of tetrazole rings is 1. The molecule has 39 heavy (non-hydrogen) atoms. The van der Waals surface area contributed by atoms with Gasteiger partial charge in [-0.1, -0.05) is 45.3 Å². The van der Waals surface area contributed by atoms with Crippen molar-refractivity contribution in [3.8, 4) is 11.5 Å². The Morgan fingerprint density at radius 2 is 1.90 bits per heavy atom. The molecule has 11 heteroatoms. The molecule has 1 aliphatic heterocycles. The lowest BCUT2D eigenvalue weighted by molar-refractivity contribution is -0.113. The maximum absolute atomic E-state index is 13.7. The molecule has 1 aromatic heterocycles. The number of carbonyl (C=O) groups is 1. The molecule has 2 heterocycles. The van der Waals surface area contributed by atoms with Gasteiger partial charge in [-0.05, 0) is 100 Å².